The minimum Gasteiger partial charge on any atom is -0.490 e. The molecule has 2 aromatic rings. The average Bonchev–Trinajstić information content (AvgIpc) is 2.79. The summed E-state index contributed by atoms with van der Waals surface area (Å²) < 4.78 is 11.1. The van der Waals surface area contributed by atoms with Crippen molar-refractivity contribution in [2.75, 3.05) is 19.8 Å². The lowest BCUT2D eigenvalue weighted by atomic mass is 9.94. The second kappa shape index (κ2) is 14.3. The molecule has 1 unspecified atom stereocenters. The van der Waals surface area contributed by atoms with E-state index in [1.165, 1.54) is 0 Å². The van der Waals surface area contributed by atoms with Gasteiger partial charge in [0.25, 0.3) is 0 Å². The Morgan fingerprint density at radius 3 is 2.35 bits per heavy atom. The zero-order chi connectivity index (χ0) is 22.3. The quantitative estimate of drug-likeness (QED) is 0.293. The third kappa shape index (κ3) is 8.89. The van der Waals surface area contributed by atoms with E-state index in [1.807, 2.05) is 36.4 Å². The predicted molar refractivity (Wildman–Crippen MR) is 122 cm³/mol. The first-order chi connectivity index (χ1) is 15.2. The van der Waals surface area contributed by atoms with Gasteiger partial charge in [0.15, 0.2) is 11.6 Å². The van der Waals surface area contributed by atoms with Crippen molar-refractivity contribution in [3.05, 3.63) is 54.4 Å². The minimum atomic E-state index is -0.816. The van der Waals surface area contributed by atoms with Crippen molar-refractivity contribution in [2.24, 2.45) is 0 Å². The Labute approximate surface area is 185 Å². The molecule has 0 aliphatic rings. The Morgan fingerprint density at radius 2 is 1.71 bits per heavy atom. The van der Waals surface area contributed by atoms with Crippen molar-refractivity contribution in [3.63, 3.8) is 0 Å². The number of nitrogens with zero attached hydrogens (tertiary/aromatic N) is 2. The van der Waals surface area contributed by atoms with E-state index in [0.29, 0.717) is 24.6 Å². The van der Waals surface area contributed by atoms with Crippen LogP contribution in [-0.4, -0.2) is 40.9 Å². The molecule has 6 nitrogen and oxygen atoms in total. The molecule has 0 bridgehead atoms. The zero-order valence-corrected chi connectivity index (χ0v) is 18.6. The van der Waals surface area contributed by atoms with Gasteiger partial charge < -0.3 is 14.6 Å². The van der Waals surface area contributed by atoms with Gasteiger partial charge in [-0.3, -0.25) is 4.79 Å². The van der Waals surface area contributed by atoms with Gasteiger partial charge in [-0.1, -0.05) is 56.7 Å². The Balaban J connectivity index is 1.88. The van der Waals surface area contributed by atoms with Gasteiger partial charge in [0.1, 0.15) is 0 Å². The molecule has 2 rings (SSSR count). The van der Waals surface area contributed by atoms with Crippen LogP contribution in [0.1, 0.15) is 63.9 Å². The topological polar surface area (TPSA) is 81.5 Å². The van der Waals surface area contributed by atoms with Crippen LogP contribution in [-0.2, 0) is 9.53 Å². The Morgan fingerprint density at radius 1 is 1.00 bits per heavy atom. The Bertz CT molecular complexity index is 788. The van der Waals surface area contributed by atoms with E-state index in [1.54, 1.807) is 12.4 Å². The third-order valence-electron chi connectivity index (χ3n) is 4.79. The van der Waals surface area contributed by atoms with E-state index in [-0.39, 0.29) is 0 Å². The SMILES string of the molecule is CCCC=CCC(C(=O)O)c1ccc(-c2ncc(OCCCCOCCC)cn2)cc1. The molecule has 0 radical (unpaired) electrons. The van der Waals surface area contributed by atoms with E-state index >= 15 is 0 Å². The number of hydrogen-bond donors (Lipinski definition) is 1. The molecule has 1 heterocycles. The predicted octanol–water partition coefficient (Wildman–Crippen LogP) is 5.64. The summed E-state index contributed by atoms with van der Waals surface area (Å²) in [4.78, 5) is 20.4. The van der Waals surface area contributed by atoms with Crippen LogP contribution in [0, 0.1) is 0 Å². The number of carboxylic acid groups (broad SMARTS) is 1. The fourth-order valence-electron chi connectivity index (χ4n) is 3.04. The summed E-state index contributed by atoms with van der Waals surface area (Å²) in [6.45, 7) is 6.38. The Hall–Kier alpha value is -2.73. The van der Waals surface area contributed by atoms with Crippen molar-refractivity contribution in [2.45, 2.75) is 58.3 Å². The van der Waals surface area contributed by atoms with E-state index < -0.39 is 11.9 Å². The van der Waals surface area contributed by atoms with Crippen LogP contribution in [0.25, 0.3) is 11.4 Å². The summed E-state index contributed by atoms with van der Waals surface area (Å²) in [5, 5.41) is 9.56. The number of ether oxygens (including phenoxy) is 2. The molecule has 0 aliphatic carbocycles. The highest BCUT2D eigenvalue weighted by molar-refractivity contribution is 5.76. The van der Waals surface area contributed by atoms with Crippen LogP contribution < -0.4 is 4.74 Å². The molecule has 1 aromatic carbocycles. The molecule has 1 aromatic heterocycles. The smallest absolute Gasteiger partial charge is 0.311 e. The molecule has 0 saturated heterocycles. The molecule has 168 valence electrons. The molecule has 31 heavy (non-hydrogen) atoms. The Kier molecular flexibility index (Phi) is 11.3. The maximum absolute atomic E-state index is 11.7. The molecule has 0 saturated carbocycles. The second-order valence-electron chi connectivity index (χ2n) is 7.42. The van der Waals surface area contributed by atoms with E-state index in [4.69, 9.17) is 9.47 Å². The number of carboxylic acids is 1. The summed E-state index contributed by atoms with van der Waals surface area (Å²) in [7, 11) is 0. The molecule has 0 fully saturated rings. The lowest BCUT2D eigenvalue weighted by Crippen LogP contribution is -2.10. The van der Waals surface area contributed by atoms with Gasteiger partial charge in [0.05, 0.1) is 24.9 Å². The number of allylic oxidation sites excluding steroid dienone is 2. The molecule has 0 amide bonds. The van der Waals surface area contributed by atoms with Crippen molar-refractivity contribution in [3.8, 4) is 17.1 Å². The van der Waals surface area contributed by atoms with Gasteiger partial charge in [0.2, 0.25) is 0 Å². The highest BCUT2D eigenvalue weighted by atomic mass is 16.5. The number of benzene rings is 1. The first-order valence-electron chi connectivity index (χ1n) is 11.2. The highest BCUT2D eigenvalue weighted by Crippen LogP contribution is 2.24. The van der Waals surface area contributed by atoms with Crippen molar-refractivity contribution < 1.29 is 19.4 Å². The van der Waals surface area contributed by atoms with Crippen molar-refractivity contribution in [1.82, 2.24) is 9.97 Å². The largest absolute Gasteiger partial charge is 0.490 e. The molecule has 6 heteroatoms. The minimum absolute atomic E-state index is 0.488. The van der Waals surface area contributed by atoms with Crippen LogP contribution in [0.3, 0.4) is 0 Å². The number of aromatic nitrogens is 2. The van der Waals surface area contributed by atoms with Crippen molar-refractivity contribution >= 4 is 5.97 Å². The molecule has 0 spiro atoms. The fourth-order valence-corrected chi connectivity index (χ4v) is 3.04. The third-order valence-corrected chi connectivity index (χ3v) is 4.79. The summed E-state index contributed by atoms with van der Waals surface area (Å²) >= 11 is 0. The molecule has 0 aliphatic heterocycles. The lowest BCUT2D eigenvalue weighted by molar-refractivity contribution is -0.138. The van der Waals surface area contributed by atoms with Crippen LogP contribution in [0.2, 0.25) is 0 Å². The van der Waals surface area contributed by atoms with Gasteiger partial charge in [0, 0.05) is 18.8 Å². The standard InChI is InChI=1S/C25H34N2O4/c1-3-5-6-7-10-23(25(28)29)20-11-13-21(14-12-20)24-26-18-22(19-27-24)31-17-9-8-16-30-15-4-2/h6-7,11-14,18-19,23H,3-5,8-10,15-17H2,1-2H3,(H,28,29). The van der Waals surface area contributed by atoms with E-state index in [0.717, 1.165) is 56.4 Å². The fraction of sp³-hybridized carbons (Fsp3) is 0.480. The summed E-state index contributed by atoms with van der Waals surface area (Å²) in [5.74, 6) is -0.143. The highest BCUT2D eigenvalue weighted by Gasteiger charge is 2.18. The normalized spacial score (nSPS) is 12.2. The van der Waals surface area contributed by atoms with Crippen LogP contribution >= 0.6 is 0 Å². The lowest BCUT2D eigenvalue weighted by Gasteiger charge is -2.11. The summed E-state index contributed by atoms with van der Waals surface area (Å²) in [6.07, 6.45) is 12.8. The van der Waals surface area contributed by atoms with Gasteiger partial charge in [-0.05, 0) is 37.7 Å². The second-order valence-corrected chi connectivity index (χ2v) is 7.42. The van der Waals surface area contributed by atoms with Gasteiger partial charge in [-0.15, -0.1) is 0 Å². The first-order valence-corrected chi connectivity index (χ1v) is 11.2. The molecular formula is C25H34N2O4. The monoisotopic (exact) mass is 426 g/mol. The molecular weight excluding hydrogens is 392 g/mol. The first kappa shape index (κ1) is 24.5. The van der Waals surface area contributed by atoms with Gasteiger partial charge in [-0.25, -0.2) is 9.97 Å². The summed E-state index contributed by atoms with van der Waals surface area (Å²) in [6, 6.07) is 7.42. The maximum Gasteiger partial charge on any atom is 0.311 e. The summed E-state index contributed by atoms with van der Waals surface area (Å²) in [5.41, 5.74) is 1.62. The van der Waals surface area contributed by atoms with Crippen molar-refractivity contribution in [1.29, 1.82) is 0 Å². The van der Waals surface area contributed by atoms with Crippen LogP contribution in [0.15, 0.2) is 48.8 Å². The molecule has 1 atom stereocenters. The number of unbranched alkanes of at least 4 members (excludes halogenated alkanes) is 2. The van der Waals surface area contributed by atoms with Crippen LogP contribution in [0.5, 0.6) is 5.75 Å². The van der Waals surface area contributed by atoms with E-state index in [9.17, 15) is 9.90 Å². The molecule has 1 N–H and O–H groups in total. The maximum atomic E-state index is 11.7. The van der Waals surface area contributed by atoms with Gasteiger partial charge >= 0.3 is 5.97 Å². The number of hydrogen-bond acceptors (Lipinski definition) is 5. The number of aliphatic carboxylic acids is 1. The van der Waals surface area contributed by atoms with Gasteiger partial charge in [-0.2, -0.15) is 0 Å². The van der Waals surface area contributed by atoms with Crippen LogP contribution in [0.4, 0.5) is 0 Å². The average molecular weight is 427 g/mol. The number of carbonyl (C=O) groups is 1. The number of rotatable bonds is 15. The van der Waals surface area contributed by atoms with E-state index in [2.05, 4.69) is 23.8 Å². The zero-order valence-electron chi connectivity index (χ0n) is 18.6.